The molecule has 0 aliphatic heterocycles. The van der Waals surface area contributed by atoms with Crippen LogP contribution in [0.3, 0.4) is 0 Å². The van der Waals surface area contributed by atoms with Gasteiger partial charge in [-0.25, -0.2) is 0 Å². The molecule has 4 aliphatic carbocycles. The van der Waals surface area contributed by atoms with Crippen molar-refractivity contribution < 1.29 is 19.1 Å². The molecule has 4 nitrogen and oxygen atoms in total. The average Bonchev–Trinajstić information content (AvgIpc) is 3.11. The molecule has 198 valence electrons. The molecule has 0 aromatic heterocycles. The highest BCUT2D eigenvalue weighted by Crippen LogP contribution is 2.68. The predicted molar refractivity (Wildman–Crippen MR) is 140 cm³/mol. The van der Waals surface area contributed by atoms with Gasteiger partial charge in [0.05, 0.1) is 0 Å². The van der Waals surface area contributed by atoms with Crippen LogP contribution in [0.25, 0.3) is 0 Å². The maximum absolute atomic E-state index is 12.2. The number of fused-ring (bicyclic) bond motifs is 5. The molecule has 35 heavy (non-hydrogen) atoms. The third-order valence-electron chi connectivity index (χ3n) is 10.9. The lowest BCUT2D eigenvalue weighted by Crippen LogP contribution is -2.55. The van der Waals surface area contributed by atoms with Crippen molar-refractivity contribution in [2.75, 3.05) is 0 Å². The highest BCUT2D eigenvalue weighted by Gasteiger charge is 2.61. The van der Waals surface area contributed by atoms with Crippen molar-refractivity contribution in [1.82, 2.24) is 0 Å². The van der Waals surface area contributed by atoms with Gasteiger partial charge in [0.1, 0.15) is 12.2 Å². The Bertz CT molecular complexity index is 830. The standard InChI is InChI=1S/C31H50O4/c1-19(2)9-8-10-20(3)25-11-12-26-24-18-29(35-22(5)33)28-17-23(34-21(4)32)13-15-31(28,7)27(24)14-16-30(25,26)6/h17,19-20,23-27,29H,8-16,18H2,1-7H3/t20-,23+,24-,25+,26-,27-,29+,30+,31-/m1/s1. The number of carbonyl (C=O) groups excluding carboxylic acids is 2. The second-order valence-corrected chi connectivity index (χ2v) is 13.5. The molecular formula is C31H50O4. The summed E-state index contributed by atoms with van der Waals surface area (Å²) in [6.45, 7) is 15.2. The Labute approximate surface area is 214 Å². The Morgan fingerprint density at radius 1 is 0.943 bits per heavy atom. The van der Waals surface area contributed by atoms with Crippen molar-refractivity contribution in [3.8, 4) is 0 Å². The Morgan fingerprint density at radius 2 is 1.66 bits per heavy atom. The molecule has 0 unspecified atom stereocenters. The summed E-state index contributed by atoms with van der Waals surface area (Å²) in [6, 6.07) is 0. The van der Waals surface area contributed by atoms with Gasteiger partial charge in [0.2, 0.25) is 0 Å². The highest BCUT2D eigenvalue weighted by atomic mass is 16.5. The summed E-state index contributed by atoms with van der Waals surface area (Å²) < 4.78 is 11.6. The van der Waals surface area contributed by atoms with Gasteiger partial charge in [0.15, 0.2) is 0 Å². The minimum absolute atomic E-state index is 0.0297. The zero-order valence-electron chi connectivity index (χ0n) is 23.4. The van der Waals surface area contributed by atoms with Gasteiger partial charge in [0, 0.05) is 13.8 Å². The van der Waals surface area contributed by atoms with Crippen LogP contribution < -0.4 is 0 Å². The van der Waals surface area contributed by atoms with E-state index in [-0.39, 0.29) is 29.6 Å². The lowest BCUT2D eigenvalue weighted by molar-refractivity contribution is -0.155. The maximum atomic E-state index is 12.2. The van der Waals surface area contributed by atoms with Crippen molar-refractivity contribution >= 4 is 11.9 Å². The van der Waals surface area contributed by atoms with Crippen LogP contribution >= 0.6 is 0 Å². The number of hydrogen-bond donors (Lipinski definition) is 0. The third-order valence-corrected chi connectivity index (χ3v) is 10.9. The Kier molecular flexibility index (Phi) is 7.80. The van der Waals surface area contributed by atoms with Crippen LogP contribution in [0.2, 0.25) is 0 Å². The molecule has 0 aromatic carbocycles. The van der Waals surface area contributed by atoms with Gasteiger partial charge in [-0.2, -0.15) is 0 Å². The van der Waals surface area contributed by atoms with E-state index >= 15 is 0 Å². The van der Waals surface area contributed by atoms with Gasteiger partial charge >= 0.3 is 11.9 Å². The van der Waals surface area contributed by atoms with Gasteiger partial charge in [-0.05, 0) is 103 Å². The van der Waals surface area contributed by atoms with E-state index in [0.717, 1.165) is 42.9 Å². The summed E-state index contributed by atoms with van der Waals surface area (Å²) in [5.41, 5.74) is 1.67. The fourth-order valence-electron chi connectivity index (χ4n) is 9.36. The van der Waals surface area contributed by atoms with E-state index in [1.165, 1.54) is 64.4 Å². The van der Waals surface area contributed by atoms with Crippen LogP contribution in [0.5, 0.6) is 0 Å². The molecule has 9 atom stereocenters. The zero-order chi connectivity index (χ0) is 25.5. The number of hydrogen-bond acceptors (Lipinski definition) is 4. The minimum atomic E-state index is -0.235. The average molecular weight is 487 g/mol. The van der Waals surface area contributed by atoms with Crippen LogP contribution in [0.1, 0.15) is 113 Å². The fourth-order valence-corrected chi connectivity index (χ4v) is 9.36. The quantitative estimate of drug-likeness (QED) is 0.276. The van der Waals surface area contributed by atoms with E-state index in [9.17, 15) is 9.59 Å². The van der Waals surface area contributed by atoms with E-state index in [0.29, 0.717) is 17.3 Å². The first kappa shape index (κ1) is 26.7. The molecule has 4 rings (SSSR count). The van der Waals surface area contributed by atoms with Crippen molar-refractivity contribution in [2.45, 2.75) is 125 Å². The second kappa shape index (κ2) is 10.2. The SMILES string of the molecule is CC(=O)O[C@@H]1C=C2[C@@H](OC(C)=O)C[C@@H]3[C@H]4CC[C@@H]([C@H](C)CCCC(C)C)[C@]4(C)CC[C@H]3[C@@]2(C)CC1. The number of carbonyl (C=O) groups is 2. The zero-order valence-corrected chi connectivity index (χ0v) is 23.4. The monoisotopic (exact) mass is 486 g/mol. The molecule has 0 spiro atoms. The lowest BCUT2D eigenvalue weighted by atomic mass is 9.46. The second-order valence-electron chi connectivity index (χ2n) is 13.5. The molecule has 0 bridgehead atoms. The van der Waals surface area contributed by atoms with Gasteiger partial charge in [-0.1, -0.05) is 53.9 Å². The first-order valence-electron chi connectivity index (χ1n) is 14.5. The molecule has 0 radical (unpaired) electrons. The van der Waals surface area contributed by atoms with E-state index in [1.807, 2.05) is 0 Å². The Hall–Kier alpha value is -1.32. The smallest absolute Gasteiger partial charge is 0.303 e. The van der Waals surface area contributed by atoms with Crippen molar-refractivity contribution in [1.29, 1.82) is 0 Å². The van der Waals surface area contributed by atoms with E-state index in [1.54, 1.807) is 0 Å². The molecule has 0 N–H and O–H groups in total. The van der Waals surface area contributed by atoms with Gasteiger partial charge in [-0.3, -0.25) is 9.59 Å². The number of esters is 2. The van der Waals surface area contributed by atoms with Crippen molar-refractivity contribution in [3.05, 3.63) is 11.6 Å². The van der Waals surface area contributed by atoms with E-state index in [2.05, 4.69) is 40.7 Å². The lowest BCUT2D eigenvalue weighted by Gasteiger charge is -2.60. The van der Waals surface area contributed by atoms with Crippen LogP contribution in [0, 0.1) is 46.3 Å². The summed E-state index contributed by atoms with van der Waals surface area (Å²) in [7, 11) is 0. The Morgan fingerprint density at radius 3 is 2.31 bits per heavy atom. The first-order valence-corrected chi connectivity index (χ1v) is 14.5. The topological polar surface area (TPSA) is 52.6 Å². The molecule has 0 heterocycles. The largest absolute Gasteiger partial charge is 0.458 e. The normalized spacial score (nSPS) is 41.3. The summed E-state index contributed by atoms with van der Waals surface area (Å²) >= 11 is 0. The third kappa shape index (κ3) is 5.10. The van der Waals surface area contributed by atoms with E-state index in [4.69, 9.17) is 9.47 Å². The van der Waals surface area contributed by atoms with Crippen LogP contribution in [0.15, 0.2) is 11.6 Å². The van der Waals surface area contributed by atoms with Gasteiger partial charge in [-0.15, -0.1) is 0 Å². The number of rotatable bonds is 7. The molecule has 3 saturated carbocycles. The maximum Gasteiger partial charge on any atom is 0.303 e. The molecule has 4 heteroatoms. The fraction of sp³-hybridized carbons (Fsp3) is 0.871. The van der Waals surface area contributed by atoms with Gasteiger partial charge in [0.25, 0.3) is 0 Å². The molecule has 4 aliphatic rings. The summed E-state index contributed by atoms with van der Waals surface area (Å²) in [6.07, 6.45) is 13.9. The van der Waals surface area contributed by atoms with Crippen LogP contribution in [0.4, 0.5) is 0 Å². The summed E-state index contributed by atoms with van der Waals surface area (Å²) in [4.78, 5) is 23.8. The molecule has 3 fully saturated rings. The van der Waals surface area contributed by atoms with Gasteiger partial charge < -0.3 is 9.47 Å². The first-order chi connectivity index (χ1) is 16.5. The molecule has 0 aromatic rings. The van der Waals surface area contributed by atoms with Crippen LogP contribution in [-0.2, 0) is 19.1 Å². The number of ether oxygens (including phenoxy) is 2. The van der Waals surface area contributed by atoms with Crippen molar-refractivity contribution in [3.63, 3.8) is 0 Å². The molecule has 0 saturated heterocycles. The molecular weight excluding hydrogens is 436 g/mol. The predicted octanol–water partition coefficient (Wildman–Crippen LogP) is 7.50. The highest BCUT2D eigenvalue weighted by molar-refractivity contribution is 5.67. The minimum Gasteiger partial charge on any atom is -0.458 e. The summed E-state index contributed by atoms with van der Waals surface area (Å²) in [5.74, 6) is 3.93. The molecule has 0 amide bonds. The Balaban J connectivity index is 1.58. The summed E-state index contributed by atoms with van der Waals surface area (Å²) in [5, 5.41) is 0. The van der Waals surface area contributed by atoms with Crippen molar-refractivity contribution in [2.24, 2.45) is 46.3 Å². The van der Waals surface area contributed by atoms with Crippen LogP contribution in [-0.4, -0.2) is 24.1 Å². The van der Waals surface area contributed by atoms with E-state index < -0.39 is 0 Å².